The van der Waals surface area contributed by atoms with Crippen LogP contribution in [-0.2, 0) is 11.2 Å². The van der Waals surface area contributed by atoms with Crippen molar-refractivity contribution in [2.24, 2.45) is 11.8 Å². The number of aliphatic hydroxyl groups is 1. The van der Waals surface area contributed by atoms with Crippen molar-refractivity contribution in [1.82, 2.24) is 10.2 Å². The summed E-state index contributed by atoms with van der Waals surface area (Å²) in [7, 11) is 1.71. The summed E-state index contributed by atoms with van der Waals surface area (Å²) in [4.78, 5) is 15.4. The molecule has 160 valence electrons. The first-order valence-corrected chi connectivity index (χ1v) is 11.5. The van der Waals surface area contributed by atoms with Crippen molar-refractivity contribution < 1.29 is 14.6 Å². The molecular weight excluding hydrogens is 364 g/mol. The minimum Gasteiger partial charge on any atom is -0.497 e. The van der Waals surface area contributed by atoms with Crippen LogP contribution in [0.1, 0.15) is 68.5 Å². The zero-order valence-electron chi connectivity index (χ0n) is 17.7. The fourth-order valence-electron chi connectivity index (χ4n) is 5.71. The molecule has 5 nitrogen and oxygen atoms in total. The average molecular weight is 401 g/mol. The molecule has 1 aromatic rings. The third-order valence-corrected chi connectivity index (χ3v) is 7.35. The molecule has 3 aliphatic rings. The van der Waals surface area contributed by atoms with Gasteiger partial charge in [0.2, 0.25) is 5.91 Å². The number of rotatable bonds is 6. The normalized spacial score (nSPS) is 27.7. The highest BCUT2D eigenvalue weighted by molar-refractivity contribution is 5.79. The summed E-state index contributed by atoms with van der Waals surface area (Å²) in [5.41, 5.74) is 2.66. The van der Waals surface area contributed by atoms with E-state index in [1.54, 1.807) is 7.11 Å². The maximum absolute atomic E-state index is 13.2. The third-order valence-electron chi connectivity index (χ3n) is 7.35. The molecule has 2 N–H and O–H groups in total. The fraction of sp³-hybridized carbons (Fsp3) is 0.708. The number of hydrogen-bond acceptors (Lipinski definition) is 4. The monoisotopic (exact) mass is 400 g/mol. The summed E-state index contributed by atoms with van der Waals surface area (Å²) in [6.07, 6.45) is 10.00. The van der Waals surface area contributed by atoms with Gasteiger partial charge in [-0.15, -0.1) is 0 Å². The number of ether oxygens (including phenoxy) is 1. The molecular formula is C24H36N2O3. The highest BCUT2D eigenvalue weighted by atomic mass is 16.5. The molecule has 2 aliphatic carbocycles. The number of aliphatic hydroxyl groups excluding tert-OH is 1. The second-order valence-corrected chi connectivity index (χ2v) is 9.13. The molecule has 0 bridgehead atoms. The number of carbonyl (C=O) groups is 1. The van der Waals surface area contributed by atoms with E-state index < -0.39 is 0 Å². The first kappa shape index (κ1) is 20.7. The molecule has 1 unspecified atom stereocenters. The van der Waals surface area contributed by atoms with Gasteiger partial charge in [-0.05, 0) is 67.2 Å². The fourth-order valence-corrected chi connectivity index (χ4v) is 5.71. The van der Waals surface area contributed by atoms with E-state index in [-0.39, 0.29) is 18.1 Å². The van der Waals surface area contributed by atoms with Crippen LogP contribution >= 0.6 is 0 Å². The zero-order valence-corrected chi connectivity index (χ0v) is 17.7. The number of fused-ring (bicyclic) bond motifs is 1. The van der Waals surface area contributed by atoms with Crippen molar-refractivity contribution in [1.29, 1.82) is 0 Å². The molecule has 3 atom stereocenters. The lowest BCUT2D eigenvalue weighted by Gasteiger charge is -2.43. The summed E-state index contributed by atoms with van der Waals surface area (Å²) >= 11 is 0. The molecule has 29 heavy (non-hydrogen) atoms. The molecule has 1 aliphatic heterocycles. The van der Waals surface area contributed by atoms with Crippen molar-refractivity contribution in [3.8, 4) is 5.75 Å². The lowest BCUT2D eigenvalue weighted by Crippen LogP contribution is -2.47. The number of amides is 1. The number of carbonyl (C=O) groups excluding carboxylic acids is 1. The van der Waals surface area contributed by atoms with E-state index >= 15 is 0 Å². The van der Waals surface area contributed by atoms with E-state index in [1.807, 2.05) is 6.07 Å². The first-order chi connectivity index (χ1) is 14.2. The van der Waals surface area contributed by atoms with E-state index in [0.717, 1.165) is 44.5 Å². The van der Waals surface area contributed by atoms with Gasteiger partial charge in [0.05, 0.1) is 25.8 Å². The van der Waals surface area contributed by atoms with Crippen molar-refractivity contribution in [2.75, 3.05) is 26.7 Å². The van der Waals surface area contributed by atoms with Crippen LogP contribution in [0.3, 0.4) is 0 Å². The molecule has 0 spiro atoms. The Labute approximate surface area is 174 Å². The molecule has 0 radical (unpaired) electrons. The van der Waals surface area contributed by atoms with Gasteiger partial charge in [-0.2, -0.15) is 0 Å². The largest absolute Gasteiger partial charge is 0.497 e. The van der Waals surface area contributed by atoms with E-state index in [9.17, 15) is 9.90 Å². The van der Waals surface area contributed by atoms with E-state index in [4.69, 9.17) is 4.74 Å². The van der Waals surface area contributed by atoms with Crippen LogP contribution in [0, 0.1) is 11.8 Å². The van der Waals surface area contributed by atoms with Gasteiger partial charge in [0.25, 0.3) is 0 Å². The minimum atomic E-state index is -0.207. The van der Waals surface area contributed by atoms with Crippen LogP contribution in [0.15, 0.2) is 18.2 Å². The molecule has 1 amide bonds. The predicted molar refractivity (Wildman–Crippen MR) is 114 cm³/mol. The second-order valence-electron chi connectivity index (χ2n) is 9.13. The smallest absolute Gasteiger partial charge is 0.237 e. The maximum atomic E-state index is 13.2. The maximum Gasteiger partial charge on any atom is 0.237 e. The van der Waals surface area contributed by atoms with Gasteiger partial charge < -0.3 is 20.1 Å². The third kappa shape index (κ3) is 4.61. The van der Waals surface area contributed by atoms with Gasteiger partial charge in [-0.3, -0.25) is 4.79 Å². The highest BCUT2D eigenvalue weighted by Crippen LogP contribution is 2.43. The van der Waals surface area contributed by atoms with Crippen LogP contribution in [0.5, 0.6) is 5.75 Å². The Morgan fingerprint density at radius 2 is 2.00 bits per heavy atom. The second kappa shape index (κ2) is 9.48. The minimum absolute atomic E-state index is 0.167. The summed E-state index contributed by atoms with van der Waals surface area (Å²) in [6, 6.07) is 6.56. The van der Waals surface area contributed by atoms with Crippen LogP contribution < -0.4 is 10.1 Å². The Kier molecular flexibility index (Phi) is 6.76. The Hall–Kier alpha value is -1.59. The summed E-state index contributed by atoms with van der Waals surface area (Å²) < 4.78 is 5.50. The average Bonchev–Trinajstić information content (AvgIpc) is 3.17. The molecule has 5 heteroatoms. The zero-order chi connectivity index (χ0) is 20.2. The van der Waals surface area contributed by atoms with Crippen LogP contribution in [-0.4, -0.2) is 48.8 Å². The molecule has 4 rings (SSSR count). The summed E-state index contributed by atoms with van der Waals surface area (Å²) in [5, 5.41) is 13.4. The standard InChI is InChI=1S/C24H36N2O3/c1-29-20-11-10-17-12-13-26(23(28)16-25-15-19-8-5-9-22(19)27)24(21(17)14-20)18-6-3-2-4-7-18/h10-11,14,18-19,22,24-25,27H,2-9,12-13,15-16H2,1H3/t19-,22-,24?/m0/s1. The van der Waals surface area contributed by atoms with E-state index in [2.05, 4.69) is 22.3 Å². The Morgan fingerprint density at radius 1 is 1.17 bits per heavy atom. The van der Waals surface area contributed by atoms with Crippen LogP contribution in [0.25, 0.3) is 0 Å². The molecule has 1 aromatic carbocycles. The molecule has 2 saturated carbocycles. The lowest BCUT2D eigenvalue weighted by atomic mass is 9.77. The molecule has 2 fully saturated rings. The van der Waals surface area contributed by atoms with Crippen molar-refractivity contribution in [3.05, 3.63) is 29.3 Å². The molecule has 0 saturated heterocycles. The first-order valence-electron chi connectivity index (χ1n) is 11.5. The number of hydrogen-bond donors (Lipinski definition) is 2. The summed E-state index contributed by atoms with van der Waals surface area (Å²) in [5.74, 6) is 1.91. The van der Waals surface area contributed by atoms with Crippen LogP contribution in [0.2, 0.25) is 0 Å². The SMILES string of the molecule is COc1ccc2c(c1)C(C1CCCCC1)N(C(=O)CNC[C@@H]1CCC[C@@H]1O)CC2. The Balaban J connectivity index is 1.48. The van der Waals surface area contributed by atoms with Gasteiger partial charge in [-0.25, -0.2) is 0 Å². The topological polar surface area (TPSA) is 61.8 Å². The Morgan fingerprint density at radius 3 is 2.72 bits per heavy atom. The number of benzene rings is 1. The van der Waals surface area contributed by atoms with Gasteiger partial charge in [0.1, 0.15) is 5.75 Å². The van der Waals surface area contributed by atoms with E-state index in [1.165, 1.54) is 43.2 Å². The van der Waals surface area contributed by atoms with Gasteiger partial charge in [-0.1, -0.05) is 31.7 Å². The number of nitrogens with zero attached hydrogens (tertiary/aromatic N) is 1. The lowest BCUT2D eigenvalue weighted by molar-refractivity contribution is -0.134. The quantitative estimate of drug-likeness (QED) is 0.768. The molecule has 0 aromatic heterocycles. The Bertz CT molecular complexity index is 701. The van der Waals surface area contributed by atoms with Crippen molar-refractivity contribution in [3.63, 3.8) is 0 Å². The number of methoxy groups -OCH3 is 1. The van der Waals surface area contributed by atoms with Gasteiger partial charge in [0.15, 0.2) is 0 Å². The molecule has 1 heterocycles. The predicted octanol–water partition coefficient (Wildman–Crippen LogP) is 3.45. The summed E-state index contributed by atoms with van der Waals surface area (Å²) in [6.45, 7) is 1.90. The van der Waals surface area contributed by atoms with Crippen molar-refractivity contribution in [2.45, 2.75) is 69.9 Å². The van der Waals surface area contributed by atoms with E-state index in [0.29, 0.717) is 18.4 Å². The highest BCUT2D eigenvalue weighted by Gasteiger charge is 2.37. The van der Waals surface area contributed by atoms with Gasteiger partial charge >= 0.3 is 0 Å². The van der Waals surface area contributed by atoms with Crippen molar-refractivity contribution >= 4 is 5.91 Å². The number of nitrogens with one attached hydrogen (secondary N) is 1. The van der Waals surface area contributed by atoms with Crippen LogP contribution in [0.4, 0.5) is 0 Å². The van der Waals surface area contributed by atoms with Gasteiger partial charge in [0, 0.05) is 13.1 Å².